The van der Waals surface area contributed by atoms with Gasteiger partial charge in [-0.15, -0.1) is 0 Å². The van der Waals surface area contributed by atoms with Crippen LogP contribution in [0.4, 0.5) is 0 Å². The Kier molecular flexibility index (Phi) is 3.85. The van der Waals surface area contributed by atoms with Crippen LogP contribution >= 0.6 is 15.9 Å². The van der Waals surface area contributed by atoms with Crippen LogP contribution < -0.4 is 4.74 Å². The van der Waals surface area contributed by atoms with Gasteiger partial charge in [0, 0.05) is 4.47 Å². The Bertz CT molecular complexity index is 506. The van der Waals surface area contributed by atoms with Gasteiger partial charge in [0.1, 0.15) is 5.75 Å². The minimum absolute atomic E-state index is 0.199. The van der Waals surface area contributed by atoms with E-state index in [2.05, 4.69) is 34.1 Å². The first-order valence-corrected chi connectivity index (χ1v) is 6.48. The molecule has 0 radical (unpaired) electrons. The molecule has 2 rings (SSSR count). The Morgan fingerprint density at radius 1 is 1.00 bits per heavy atom. The van der Waals surface area contributed by atoms with Crippen molar-refractivity contribution in [3.8, 4) is 16.9 Å². The van der Waals surface area contributed by atoms with Gasteiger partial charge in [-0.25, -0.2) is 0 Å². The van der Waals surface area contributed by atoms with Crippen molar-refractivity contribution in [2.75, 3.05) is 0 Å². The third-order valence-corrected chi connectivity index (χ3v) is 3.08. The molecular weight excluding hydrogens is 276 g/mol. The largest absolute Gasteiger partial charge is 0.491 e. The number of ether oxygens (including phenoxy) is 1. The molecule has 0 amide bonds. The van der Waals surface area contributed by atoms with Crippen molar-refractivity contribution in [3.63, 3.8) is 0 Å². The molecule has 0 bridgehead atoms. The second kappa shape index (κ2) is 5.37. The molecule has 0 heterocycles. The lowest BCUT2D eigenvalue weighted by atomic mass is 10.1. The van der Waals surface area contributed by atoms with Crippen LogP contribution in [-0.4, -0.2) is 6.10 Å². The molecule has 0 aromatic heterocycles. The zero-order valence-corrected chi connectivity index (χ0v) is 11.6. The van der Waals surface area contributed by atoms with Gasteiger partial charge in [-0.1, -0.05) is 46.3 Å². The predicted molar refractivity (Wildman–Crippen MR) is 75.3 cm³/mol. The molecule has 2 aromatic rings. The van der Waals surface area contributed by atoms with E-state index in [0.717, 1.165) is 15.8 Å². The molecular formula is C15H15BrO. The van der Waals surface area contributed by atoms with Gasteiger partial charge in [-0.3, -0.25) is 0 Å². The van der Waals surface area contributed by atoms with E-state index in [1.165, 1.54) is 5.56 Å². The molecule has 17 heavy (non-hydrogen) atoms. The van der Waals surface area contributed by atoms with E-state index >= 15 is 0 Å². The summed E-state index contributed by atoms with van der Waals surface area (Å²) in [5.74, 6) is 0.910. The first kappa shape index (κ1) is 12.2. The zero-order chi connectivity index (χ0) is 12.3. The van der Waals surface area contributed by atoms with Crippen LogP contribution in [0.2, 0.25) is 0 Å². The van der Waals surface area contributed by atoms with E-state index in [-0.39, 0.29) is 6.10 Å². The van der Waals surface area contributed by atoms with E-state index in [4.69, 9.17) is 4.74 Å². The summed E-state index contributed by atoms with van der Waals surface area (Å²) >= 11 is 3.57. The van der Waals surface area contributed by atoms with Crippen LogP contribution in [-0.2, 0) is 0 Å². The van der Waals surface area contributed by atoms with E-state index in [1.807, 2.05) is 44.2 Å². The number of hydrogen-bond acceptors (Lipinski definition) is 1. The van der Waals surface area contributed by atoms with Crippen molar-refractivity contribution in [1.29, 1.82) is 0 Å². The van der Waals surface area contributed by atoms with Gasteiger partial charge in [-0.2, -0.15) is 0 Å². The molecule has 0 saturated heterocycles. The number of halogens is 1. The quantitative estimate of drug-likeness (QED) is 0.781. The first-order chi connectivity index (χ1) is 8.16. The van der Waals surface area contributed by atoms with Gasteiger partial charge in [0.25, 0.3) is 0 Å². The van der Waals surface area contributed by atoms with Crippen LogP contribution in [0.15, 0.2) is 53.0 Å². The maximum atomic E-state index is 5.70. The summed E-state index contributed by atoms with van der Waals surface area (Å²) in [7, 11) is 0. The van der Waals surface area contributed by atoms with E-state index < -0.39 is 0 Å². The maximum absolute atomic E-state index is 5.70. The Hall–Kier alpha value is -1.28. The van der Waals surface area contributed by atoms with Gasteiger partial charge in [-0.05, 0) is 43.2 Å². The molecule has 0 aliphatic carbocycles. The van der Waals surface area contributed by atoms with Crippen molar-refractivity contribution in [2.45, 2.75) is 20.0 Å². The molecule has 0 fully saturated rings. The predicted octanol–water partition coefficient (Wildman–Crippen LogP) is 4.90. The smallest absolute Gasteiger partial charge is 0.120 e. The molecule has 0 atom stereocenters. The lowest BCUT2D eigenvalue weighted by Gasteiger charge is -2.11. The minimum Gasteiger partial charge on any atom is -0.491 e. The lowest BCUT2D eigenvalue weighted by molar-refractivity contribution is 0.242. The van der Waals surface area contributed by atoms with Gasteiger partial charge in [0.15, 0.2) is 0 Å². The zero-order valence-electron chi connectivity index (χ0n) is 9.98. The van der Waals surface area contributed by atoms with Crippen LogP contribution in [0.1, 0.15) is 13.8 Å². The molecule has 0 aliphatic rings. The average Bonchev–Trinajstić information content (AvgIpc) is 2.29. The number of hydrogen-bond donors (Lipinski definition) is 0. The summed E-state index contributed by atoms with van der Waals surface area (Å²) in [5, 5.41) is 0. The Morgan fingerprint density at radius 3 is 2.47 bits per heavy atom. The summed E-state index contributed by atoms with van der Waals surface area (Å²) in [6.07, 6.45) is 0.199. The van der Waals surface area contributed by atoms with Gasteiger partial charge in [0.05, 0.1) is 6.10 Å². The normalized spacial score (nSPS) is 10.6. The SMILES string of the molecule is CC(C)Oc1cccc(-c2ccccc2Br)c1. The Balaban J connectivity index is 2.37. The van der Waals surface area contributed by atoms with Crippen molar-refractivity contribution >= 4 is 15.9 Å². The fourth-order valence-corrected chi connectivity index (χ4v) is 2.22. The number of rotatable bonds is 3. The monoisotopic (exact) mass is 290 g/mol. The topological polar surface area (TPSA) is 9.23 Å². The molecule has 0 spiro atoms. The summed E-state index contributed by atoms with van der Waals surface area (Å²) in [6.45, 7) is 4.07. The summed E-state index contributed by atoms with van der Waals surface area (Å²) in [4.78, 5) is 0. The van der Waals surface area contributed by atoms with Crippen LogP contribution in [0.5, 0.6) is 5.75 Å². The molecule has 0 unspecified atom stereocenters. The Morgan fingerprint density at radius 2 is 1.76 bits per heavy atom. The highest BCUT2D eigenvalue weighted by Crippen LogP contribution is 2.30. The molecule has 2 heteroatoms. The second-order valence-electron chi connectivity index (χ2n) is 4.17. The van der Waals surface area contributed by atoms with Crippen molar-refractivity contribution in [3.05, 3.63) is 53.0 Å². The van der Waals surface area contributed by atoms with Crippen molar-refractivity contribution in [1.82, 2.24) is 0 Å². The highest BCUT2D eigenvalue weighted by molar-refractivity contribution is 9.10. The minimum atomic E-state index is 0.199. The fourth-order valence-electron chi connectivity index (χ4n) is 1.70. The highest BCUT2D eigenvalue weighted by Gasteiger charge is 2.04. The Labute approximate surface area is 111 Å². The van der Waals surface area contributed by atoms with Crippen molar-refractivity contribution < 1.29 is 4.74 Å². The van der Waals surface area contributed by atoms with Gasteiger partial charge < -0.3 is 4.74 Å². The lowest BCUT2D eigenvalue weighted by Crippen LogP contribution is -2.05. The maximum Gasteiger partial charge on any atom is 0.120 e. The number of benzene rings is 2. The first-order valence-electron chi connectivity index (χ1n) is 5.68. The molecule has 2 aromatic carbocycles. The summed E-state index contributed by atoms with van der Waals surface area (Å²) < 4.78 is 6.80. The third-order valence-electron chi connectivity index (χ3n) is 2.39. The van der Waals surface area contributed by atoms with Crippen LogP contribution in [0.25, 0.3) is 11.1 Å². The standard InChI is InChI=1S/C15H15BrO/c1-11(2)17-13-7-5-6-12(10-13)14-8-3-4-9-15(14)16/h3-11H,1-2H3. The molecule has 0 N–H and O–H groups in total. The van der Waals surface area contributed by atoms with E-state index in [9.17, 15) is 0 Å². The third kappa shape index (κ3) is 3.10. The highest BCUT2D eigenvalue weighted by atomic mass is 79.9. The van der Waals surface area contributed by atoms with Crippen molar-refractivity contribution in [2.24, 2.45) is 0 Å². The van der Waals surface area contributed by atoms with E-state index in [1.54, 1.807) is 0 Å². The molecule has 88 valence electrons. The van der Waals surface area contributed by atoms with E-state index in [0.29, 0.717) is 0 Å². The second-order valence-corrected chi connectivity index (χ2v) is 5.03. The summed E-state index contributed by atoms with van der Waals surface area (Å²) in [5.41, 5.74) is 2.34. The van der Waals surface area contributed by atoms with Crippen LogP contribution in [0, 0.1) is 0 Å². The summed E-state index contributed by atoms with van der Waals surface area (Å²) in [6, 6.07) is 16.4. The fraction of sp³-hybridized carbons (Fsp3) is 0.200. The van der Waals surface area contributed by atoms with Crippen LogP contribution in [0.3, 0.4) is 0 Å². The molecule has 0 aliphatic heterocycles. The molecule has 0 saturated carbocycles. The average molecular weight is 291 g/mol. The van der Waals surface area contributed by atoms with Gasteiger partial charge >= 0.3 is 0 Å². The van der Waals surface area contributed by atoms with Gasteiger partial charge in [0.2, 0.25) is 0 Å². The molecule has 1 nitrogen and oxygen atoms in total.